The van der Waals surface area contributed by atoms with Crippen LogP contribution in [0.4, 0.5) is 0 Å². The minimum atomic E-state index is -0.228. The minimum Gasteiger partial charge on any atom is -0.289 e. The lowest BCUT2D eigenvalue weighted by Crippen LogP contribution is -2.44. The molecule has 0 atom stereocenters. The van der Waals surface area contributed by atoms with E-state index in [1.807, 2.05) is 24.5 Å². The summed E-state index contributed by atoms with van der Waals surface area (Å²) in [4.78, 5) is 11.4. The molecule has 4 heteroatoms. The first-order valence-electron chi connectivity index (χ1n) is 8.16. The number of carbonyl (C=O) groups is 1. The Hall–Kier alpha value is -3.24. The number of hydrogen-bond donors (Lipinski definition) is 2. The van der Waals surface area contributed by atoms with E-state index in [0.29, 0.717) is 0 Å². The van der Waals surface area contributed by atoms with Crippen LogP contribution in [0, 0.1) is 0 Å². The lowest BCUT2D eigenvalue weighted by Gasteiger charge is -2.11. The van der Waals surface area contributed by atoms with Gasteiger partial charge in [-0.1, -0.05) is 48.5 Å². The van der Waals surface area contributed by atoms with Gasteiger partial charge in [-0.15, -0.1) is 0 Å². The summed E-state index contributed by atoms with van der Waals surface area (Å²) in [6, 6.07) is 23.1. The second-order valence-corrected chi connectivity index (χ2v) is 6.02. The lowest BCUT2D eigenvalue weighted by atomic mass is 9.92. The maximum atomic E-state index is 11.4. The van der Waals surface area contributed by atoms with Gasteiger partial charge in [-0.2, -0.15) is 4.57 Å². The standard InChI is InChI=1S/C21H17N3O/c22-23-20(25)14-24-11-9-15(10-12-24)21-18-7-3-1-5-16(18)13-17-6-2-4-8-19(17)21/h1-13H,14,22H2/p+1. The summed E-state index contributed by atoms with van der Waals surface area (Å²) in [6.07, 6.45) is 3.81. The third-order valence-electron chi connectivity index (χ3n) is 4.44. The second-order valence-electron chi connectivity index (χ2n) is 6.02. The van der Waals surface area contributed by atoms with E-state index in [0.717, 1.165) is 5.56 Å². The SMILES string of the molecule is NNC(=O)C[n+]1ccc(-c2c3ccccc3cc3ccccc23)cc1. The molecule has 0 saturated carbocycles. The molecule has 0 aliphatic carbocycles. The molecule has 0 aliphatic rings. The fraction of sp³-hybridized carbons (Fsp3) is 0.0476. The molecule has 25 heavy (non-hydrogen) atoms. The van der Waals surface area contributed by atoms with Crippen molar-refractivity contribution in [3.63, 3.8) is 0 Å². The molecule has 3 N–H and O–H groups in total. The van der Waals surface area contributed by atoms with Crippen LogP contribution in [0.3, 0.4) is 0 Å². The van der Waals surface area contributed by atoms with Gasteiger partial charge in [0.05, 0.1) is 0 Å². The highest BCUT2D eigenvalue weighted by atomic mass is 16.2. The molecular weight excluding hydrogens is 310 g/mol. The van der Waals surface area contributed by atoms with E-state index in [4.69, 9.17) is 5.84 Å². The lowest BCUT2D eigenvalue weighted by molar-refractivity contribution is -0.684. The Labute approximate surface area is 145 Å². The average molecular weight is 328 g/mol. The van der Waals surface area contributed by atoms with Crippen molar-refractivity contribution < 1.29 is 9.36 Å². The summed E-state index contributed by atoms with van der Waals surface area (Å²) in [5, 5.41) is 4.88. The summed E-state index contributed by atoms with van der Waals surface area (Å²) in [7, 11) is 0. The molecule has 3 aromatic carbocycles. The summed E-state index contributed by atoms with van der Waals surface area (Å²) >= 11 is 0. The molecule has 1 aromatic heterocycles. The first kappa shape index (κ1) is 15.3. The van der Waals surface area contributed by atoms with Crippen LogP contribution in [0.25, 0.3) is 32.7 Å². The topological polar surface area (TPSA) is 59.0 Å². The highest BCUT2D eigenvalue weighted by Gasteiger charge is 2.12. The molecule has 0 saturated heterocycles. The summed E-state index contributed by atoms with van der Waals surface area (Å²) in [6.45, 7) is 0.201. The predicted molar refractivity (Wildman–Crippen MR) is 99.4 cm³/mol. The fourth-order valence-electron chi connectivity index (χ4n) is 3.27. The predicted octanol–water partition coefficient (Wildman–Crippen LogP) is 2.94. The van der Waals surface area contributed by atoms with E-state index < -0.39 is 0 Å². The molecule has 1 amide bonds. The normalized spacial score (nSPS) is 10.9. The van der Waals surface area contributed by atoms with E-state index in [2.05, 4.69) is 60.0 Å². The summed E-state index contributed by atoms with van der Waals surface area (Å²) < 4.78 is 1.80. The Kier molecular flexibility index (Phi) is 3.88. The van der Waals surface area contributed by atoms with E-state index >= 15 is 0 Å². The van der Waals surface area contributed by atoms with Crippen LogP contribution in [0.15, 0.2) is 79.1 Å². The monoisotopic (exact) mass is 328 g/mol. The third kappa shape index (κ3) is 2.84. The van der Waals surface area contributed by atoms with Gasteiger partial charge >= 0.3 is 0 Å². The van der Waals surface area contributed by atoms with Gasteiger partial charge in [0, 0.05) is 12.1 Å². The maximum Gasteiger partial charge on any atom is 0.299 e. The number of aromatic nitrogens is 1. The number of benzene rings is 3. The van der Waals surface area contributed by atoms with E-state index in [1.165, 1.54) is 27.1 Å². The van der Waals surface area contributed by atoms with Gasteiger partial charge in [-0.05, 0) is 38.7 Å². The van der Waals surface area contributed by atoms with Gasteiger partial charge in [0.15, 0.2) is 12.4 Å². The first-order valence-corrected chi connectivity index (χ1v) is 8.16. The Morgan fingerprint density at radius 3 is 2.00 bits per heavy atom. The van der Waals surface area contributed by atoms with Crippen LogP contribution in [-0.4, -0.2) is 5.91 Å². The zero-order chi connectivity index (χ0) is 17.2. The number of carbonyl (C=O) groups excluding carboxylic acids is 1. The molecule has 4 nitrogen and oxygen atoms in total. The fourth-order valence-corrected chi connectivity index (χ4v) is 3.27. The third-order valence-corrected chi connectivity index (χ3v) is 4.44. The van der Waals surface area contributed by atoms with Crippen molar-refractivity contribution in [1.29, 1.82) is 0 Å². The highest BCUT2D eigenvalue weighted by molar-refractivity contribution is 6.12. The van der Waals surface area contributed by atoms with Crippen molar-refractivity contribution in [2.75, 3.05) is 0 Å². The highest BCUT2D eigenvalue weighted by Crippen LogP contribution is 2.35. The van der Waals surface area contributed by atoms with Crippen molar-refractivity contribution in [2.45, 2.75) is 6.54 Å². The van der Waals surface area contributed by atoms with E-state index in [9.17, 15) is 4.79 Å². The largest absolute Gasteiger partial charge is 0.299 e. The molecule has 1 heterocycles. The number of nitrogens with one attached hydrogen (secondary N) is 1. The molecule has 4 aromatic rings. The number of hydrazine groups is 1. The molecular formula is C21H18N3O+. The molecule has 0 aliphatic heterocycles. The van der Waals surface area contributed by atoms with Gasteiger partial charge in [-0.25, -0.2) is 5.84 Å². The first-order chi connectivity index (χ1) is 12.3. The number of fused-ring (bicyclic) bond motifs is 2. The molecule has 122 valence electrons. The Bertz CT molecular complexity index is 1020. The smallest absolute Gasteiger partial charge is 0.289 e. The molecule has 0 radical (unpaired) electrons. The van der Waals surface area contributed by atoms with Crippen molar-refractivity contribution in [2.24, 2.45) is 5.84 Å². The molecule has 0 bridgehead atoms. The number of rotatable bonds is 3. The Morgan fingerprint density at radius 2 is 1.44 bits per heavy atom. The van der Waals surface area contributed by atoms with E-state index in [1.54, 1.807) is 4.57 Å². The van der Waals surface area contributed by atoms with Crippen LogP contribution in [0.5, 0.6) is 0 Å². The van der Waals surface area contributed by atoms with Gasteiger partial charge in [0.1, 0.15) is 0 Å². The van der Waals surface area contributed by atoms with E-state index in [-0.39, 0.29) is 12.5 Å². The van der Waals surface area contributed by atoms with Crippen LogP contribution in [0.1, 0.15) is 0 Å². The van der Waals surface area contributed by atoms with Crippen molar-refractivity contribution in [1.82, 2.24) is 5.43 Å². The van der Waals surface area contributed by atoms with Gasteiger partial charge in [0.2, 0.25) is 6.54 Å². The molecule has 0 unspecified atom stereocenters. The quantitative estimate of drug-likeness (QED) is 0.200. The number of pyridine rings is 1. The summed E-state index contributed by atoms with van der Waals surface area (Å²) in [5.41, 5.74) is 4.48. The van der Waals surface area contributed by atoms with Crippen LogP contribution in [-0.2, 0) is 11.3 Å². The van der Waals surface area contributed by atoms with Crippen LogP contribution < -0.4 is 15.8 Å². The van der Waals surface area contributed by atoms with Crippen LogP contribution in [0.2, 0.25) is 0 Å². The zero-order valence-corrected chi connectivity index (χ0v) is 13.6. The van der Waals surface area contributed by atoms with Crippen LogP contribution >= 0.6 is 0 Å². The zero-order valence-electron chi connectivity index (χ0n) is 13.6. The maximum absolute atomic E-state index is 11.4. The Morgan fingerprint density at radius 1 is 0.880 bits per heavy atom. The van der Waals surface area contributed by atoms with Crippen molar-refractivity contribution >= 4 is 27.5 Å². The molecule has 0 fully saturated rings. The number of amides is 1. The minimum absolute atomic E-state index is 0.201. The second kappa shape index (κ2) is 6.34. The van der Waals surface area contributed by atoms with Gasteiger partial charge < -0.3 is 0 Å². The Balaban J connectivity index is 1.91. The van der Waals surface area contributed by atoms with Crippen molar-refractivity contribution in [3.8, 4) is 11.1 Å². The molecule has 0 spiro atoms. The average Bonchev–Trinajstić information content (AvgIpc) is 2.66. The number of nitrogens with two attached hydrogens (primary N) is 1. The van der Waals surface area contributed by atoms with Gasteiger partial charge in [0.25, 0.3) is 5.91 Å². The number of nitrogens with zero attached hydrogens (tertiary/aromatic N) is 1. The summed E-state index contributed by atoms with van der Waals surface area (Å²) in [5.74, 6) is 4.92. The van der Waals surface area contributed by atoms with Crippen molar-refractivity contribution in [3.05, 3.63) is 79.1 Å². The van der Waals surface area contributed by atoms with Gasteiger partial charge in [-0.3, -0.25) is 10.2 Å². The number of hydrogen-bond acceptors (Lipinski definition) is 2. The molecule has 4 rings (SSSR count).